The molecule has 0 heterocycles. The van der Waals surface area contributed by atoms with Crippen LogP contribution in [0.4, 0.5) is 0 Å². The van der Waals surface area contributed by atoms with Crippen LogP contribution in [0.1, 0.15) is 0 Å². The predicted molar refractivity (Wildman–Crippen MR) is 55.3 cm³/mol. The van der Waals surface area contributed by atoms with Crippen LogP contribution in [0.5, 0.6) is 17.2 Å². The van der Waals surface area contributed by atoms with Gasteiger partial charge in [0, 0.05) is 5.22 Å². The van der Waals surface area contributed by atoms with Crippen molar-refractivity contribution in [2.24, 2.45) is 0 Å². The normalized spacial score (nSPS) is 10.6. The minimum atomic E-state index is 0. The van der Waals surface area contributed by atoms with Gasteiger partial charge in [-0.25, -0.2) is 0 Å². The quantitative estimate of drug-likeness (QED) is 0.487. The van der Waals surface area contributed by atoms with E-state index in [1.807, 2.05) is 0 Å². The summed E-state index contributed by atoms with van der Waals surface area (Å²) in [4.78, 5) is 0. The van der Waals surface area contributed by atoms with E-state index in [4.69, 9.17) is 14.2 Å². The van der Waals surface area contributed by atoms with Gasteiger partial charge in [0.25, 0.3) is 0 Å². The molecule has 0 atom stereocenters. The smallest absolute Gasteiger partial charge is 0.877 e. The van der Waals surface area contributed by atoms with Crippen molar-refractivity contribution in [2.75, 3.05) is 21.3 Å². The van der Waals surface area contributed by atoms with Gasteiger partial charge in [-0.3, -0.25) is 0 Å². The molecule has 0 bridgehead atoms. The topological polar surface area (TPSA) is 50.8 Å². The molecule has 82 valence electrons. The summed E-state index contributed by atoms with van der Waals surface area (Å²) in [7, 11) is 4.46. The Kier molecular flexibility index (Phi) is 5.87. The van der Waals surface area contributed by atoms with Gasteiger partial charge in [-0.15, -0.1) is 6.26 Å². The molecule has 0 fully saturated rings. The number of hydrogen-bond donors (Lipinski definition) is 0. The number of ether oxygens (including phenoxy) is 3. The summed E-state index contributed by atoms with van der Waals surface area (Å²) in [5.41, 5.74) is 0. The second-order valence-electron chi connectivity index (χ2n) is 2.84. The van der Waals surface area contributed by atoms with Crippen molar-refractivity contribution in [3.05, 3.63) is 16.5 Å². The van der Waals surface area contributed by atoms with E-state index in [0.717, 1.165) is 0 Å². The molecule has 4 nitrogen and oxygen atoms in total. The van der Waals surface area contributed by atoms with Gasteiger partial charge in [-0.2, -0.15) is 0 Å². The van der Waals surface area contributed by atoms with Crippen molar-refractivity contribution in [1.29, 1.82) is 0 Å². The minimum Gasteiger partial charge on any atom is -0.877 e. The Morgan fingerprint density at radius 1 is 1.12 bits per heavy atom. The summed E-state index contributed by atoms with van der Waals surface area (Å²) in [5.74, 6) is 1.23. The molecule has 0 radical (unpaired) electrons. The average Bonchev–Trinajstić information content (AvgIpc) is 2.27. The van der Waals surface area contributed by atoms with E-state index in [1.54, 1.807) is 6.07 Å². The van der Waals surface area contributed by atoms with E-state index in [0.29, 0.717) is 33.9 Å². The summed E-state index contributed by atoms with van der Waals surface area (Å²) in [6, 6.07) is 1.63. The molecular formula is C11H13LiO4. The van der Waals surface area contributed by atoms with Crippen molar-refractivity contribution >= 4 is 12.8 Å². The second kappa shape index (κ2) is 6.36. The minimum absolute atomic E-state index is 0. The van der Waals surface area contributed by atoms with E-state index < -0.39 is 0 Å². The van der Waals surface area contributed by atoms with E-state index in [-0.39, 0.29) is 18.9 Å². The molecule has 0 amide bonds. The van der Waals surface area contributed by atoms with Crippen LogP contribution in [-0.4, -0.2) is 21.3 Å². The van der Waals surface area contributed by atoms with Gasteiger partial charge in [-0.1, -0.05) is 6.58 Å². The fourth-order valence-corrected chi connectivity index (χ4v) is 1.36. The number of benzene rings is 1. The third kappa shape index (κ3) is 2.46. The van der Waals surface area contributed by atoms with Crippen molar-refractivity contribution in [1.82, 2.24) is 0 Å². The first-order valence-electron chi connectivity index (χ1n) is 4.29. The van der Waals surface area contributed by atoms with Gasteiger partial charge in [0.15, 0.2) is 11.5 Å². The van der Waals surface area contributed by atoms with Crippen LogP contribution in [0.3, 0.4) is 0 Å². The van der Waals surface area contributed by atoms with E-state index >= 15 is 0 Å². The van der Waals surface area contributed by atoms with Gasteiger partial charge in [0.05, 0.1) is 21.3 Å². The largest absolute Gasteiger partial charge is 1.00 e. The SMILES string of the molecule is C=c1cc(OC)c(OC)c(OC)/c1=C/[O-].[Li+]. The zero-order chi connectivity index (χ0) is 11.4. The Hall–Kier alpha value is -1.24. The summed E-state index contributed by atoms with van der Waals surface area (Å²) in [5, 5.41) is 11.8. The molecule has 0 saturated heterocycles. The molecule has 1 aromatic carbocycles. The Labute approximate surface area is 106 Å². The molecule has 5 heteroatoms. The van der Waals surface area contributed by atoms with Crippen LogP contribution in [0.15, 0.2) is 6.07 Å². The van der Waals surface area contributed by atoms with Crippen LogP contribution in [0.2, 0.25) is 0 Å². The van der Waals surface area contributed by atoms with Gasteiger partial charge in [-0.05, 0) is 11.3 Å². The van der Waals surface area contributed by atoms with Crippen molar-refractivity contribution in [2.45, 2.75) is 0 Å². The van der Waals surface area contributed by atoms with Gasteiger partial charge < -0.3 is 19.3 Å². The molecule has 0 aromatic heterocycles. The summed E-state index contributed by atoms with van der Waals surface area (Å²) >= 11 is 0. The van der Waals surface area contributed by atoms with Gasteiger partial charge in [0.1, 0.15) is 0 Å². The molecule has 0 aliphatic carbocycles. The molecule has 1 rings (SSSR count). The molecule has 0 aliphatic rings. The molecule has 0 aliphatic heterocycles. The second-order valence-corrected chi connectivity index (χ2v) is 2.84. The van der Waals surface area contributed by atoms with Crippen LogP contribution >= 0.6 is 0 Å². The molecule has 0 unspecified atom stereocenters. The van der Waals surface area contributed by atoms with E-state index in [9.17, 15) is 5.11 Å². The molecule has 0 saturated carbocycles. The van der Waals surface area contributed by atoms with Crippen LogP contribution < -0.4 is 48.6 Å². The summed E-state index contributed by atoms with van der Waals surface area (Å²) in [6.07, 6.45) is 0.684. The summed E-state index contributed by atoms with van der Waals surface area (Å²) < 4.78 is 15.3. The predicted octanol–water partition coefficient (Wildman–Crippen LogP) is -3.77. The van der Waals surface area contributed by atoms with Gasteiger partial charge in [0.2, 0.25) is 5.75 Å². The fraction of sp³-hybridized carbons (Fsp3) is 0.273. The molecule has 0 N–H and O–H groups in total. The molecule has 1 aromatic rings. The first-order valence-corrected chi connectivity index (χ1v) is 4.29. The Balaban J connectivity index is 0.00000225. The third-order valence-corrected chi connectivity index (χ3v) is 2.07. The van der Waals surface area contributed by atoms with Crippen molar-refractivity contribution < 1.29 is 38.2 Å². The zero-order valence-electron chi connectivity index (χ0n) is 9.99. The Morgan fingerprint density at radius 3 is 2.06 bits per heavy atom. The van der Waals surface area contributed by atoms with E-state index in [2.05, 4.69) is 6.58 Å². The maximum atomic E-state index is 10.9. The fourth-order valence-electron chi connectivity index (χ4n) is 1.36. The Bertz CT molecular complexity index is 456. The number of rotatable bonds is 3. The molecule has 16 heavy (non-hydrogen) atoms. The zero-order valence-corrected chi connectivity index (χ0v) is 9.99. The molecular weight excluding hydrogens is 203 g/mol. The monoisotopic (exact) mass is 216 g/mol. The number of methoxy groups -OCH3 is 3. The van der Waals surface area contributed by atoms with Crippen LogP contribution in [-0.2, 0) is 0 Å². The first-order chi connectivity index (χ1) is 7.19. The maximum Gasteiger partial charge on any atom is 1.00 e. The number of hydrogen-bond acceptors (Lipinski definition) is 4. The van der Waals surface area contributed by atoms with Crippen molar-refractivity contribution in [3.63, 3.8) is 0 Å². The standard InChI is InChI=1S/C11H14O4.Li/c1-7-5-9(13-2)11(15-4)10(14-3)8(7)6-12;/h5-6,12H,1H2,2-4H3;/q;+1/p-1/b8-6+;. The first kappa shape index (κ1) is 14.8. The average molecular weight is 216 g/mol. The van der Waals surface area contributed by atoms with E-state index in [1.165, 1.54) is 21.3 Å². The third-order valence-electron chi connectivity index (χ3n) is 2.07. The van der Waals surface area contributed by atoms with Crippen molar-refractivity contribution in [3.8, 4) is 17.2 Å². The van der Waals surface area contributed by atoms with Gasteiger partial charge >= 0.3 is 18.9 Å². The summed E-state index contributed by atoms with van der Waals surface area (Å²) in [6.45, 7) is 3.74. The maximum absolute atomic E-state index is 10.9. The molecule has 0 spiro atoms. The Morgan fingerprint density at radius 2 is 1.69 bits per heavy atom. The van der Waals surface area contributed by atoms with Crippen LogP contribution in [0, 0.1) is 0 Å². The van der Waals surface area contributed by atoms with Crippen LogP contribution in [0.25, 0.3) is 12.8 Å².